The van der Waals surface area contributed by atoms with E-state index in [1.807, 2.05) is 66.4 Å². The summed E-state index contributed by atoms with van der Waals surface area (Å²) in [6.45, 7) is 2.51. The zero-order chi connectivity index (χ0) is 24.8. The Hall–Kier alpha value is -3.56. The highest BCUT2D eigenvalue weighted by Crippen LogP contribution is 2.32. The molecule has 0 bridgehead atoms. The average Bonchev–Trinajstić information content (AvgIpc) is 2.87. The number of nitrogens with zero attached hydrogens (tertiary/aromatic N) is 1. The van der Waals surface area contributed by atoms with Crippen molar-refractivity contribution in [3.8, 4) is 17.2 Å². The van der Waals surface area contributed by atoms with E-state index in [0.717, 1.165) is 5.56 Å². The van der Waals surface area contributed by atoms with E-state index >= 15 is 0 Å². The molecule has 1 amide bonds. The summed E-state index contributed by atoms with van der Waals surface area (Å²) in [6, 6.07) is 23.0. The number of amides is 1. The van der Waals surface area contributed by atoms with Crippen LogP contribution in [0.5, 0.6) is 17.2 Å². The van der Waals surface area contributed by atoms with Crippen LogP contribution in [0, 0.1) is 0 Å². The van der Waals surface area contributed by atoms with Crippen molar-refractivity contribution in [3.63, 3.8) is 0 Å². The van der Waals surface area contributed by atoms with Gasteiger partial charge in [0.05, 0.1) is 13.7 Å². The SMILES string of the molecule is COc1ccccc1S(=O)(=O)NC(=O)CN(Cc1ccccc1)C(C)C1COc2ccccc2O1. The summed E-state index contributed by atoms with van der Waals surface area (Å²) in [6.07, 6.45) is -0.354. The van der Waals surface area contributed by atoms with Crippen LogP contribution in [0.15, 0.2) is 83.8 Å². The second-order valence-electron chi connectivity index (χ2n) is 8.22. The second kappa shape index (κ2) is 10.8. The Morgan fingerprint density at radius 1 is 1.03 bits per heavy atom. The number of rotatable bonds is 9. The normalized spacial score (nSPS) is 15.9. The molecule has 1 aliphatic rings. The number of hydrogen-bond donors (Lipinski definition) is 1. The molecule has 0 saturated carbocycles. The summed E-state index contributed by atoms with van der Waals surface area (Å²) in [5.41, 5.74) is 0.983. The van der Waals surface area contributed by atoms with Gasteiger partial charge in [-0.15, -0.1) is 0 Å². The Kier molecular flexibility index (Phi) is 7.57. The third kappa shape index (κ3) is 5.93. The fourth-order valence-corrected chi connectivity index (χ4v) is 5.08. The van der Waals surface area contributed by atoms with Gasteiger partial charge in [-0.3, -0.25) is 9.69 Å². The molecular formula is C26H28N2O6S. The van der Waals surface area contributed by atoms with E-state index in [0.29, 0.717) is 24.7 Å². The molecule has 0 radical (unpaired) electrons. The van der Waals surface area contributed by atoms with Crippen molar-refractivity contribution in [1.29, 1.82) is 0 Å². The van der Waals surface area contributed by atoms with Crippen LogP contribution in [0.1, 0.15) is 12.5 Å². The molecule has 3 aromatic rings. The van der Waals surface area contributed by atoms with Gasteiger partial charge in [-0.2, -0.15) is 0 Å². The van der Waals surface area contributed by atoms with Crippen LogP contribution in [0.4, 0.5) is 0 Å². The Balaban J connectivity index is 1.52. The zero-order valence-electron chi connectivity index (χ0n) is 19.6. The Morgan fingerprint density at radius 2 is 1.69 bits per heavy atom. The first-order valence-electron chi connectivity index (χ1n) is 11.2. The lowest BCUT2D eigenvalue weighted by molar-refractivity contribution is -0.121. The lowest BCUT2D eigenvalue weighted by Crippen LogP contribution is -2.51. The number of para-hydroxylation sites is 3. The molecule has 3 aromatic carbocycles. The molecule has 184 valence electrons. The standard InChI is InChI=1S/C26H28N2O6S/c1-19(24-18-33-21-12-6-7-13-22(21)34-24)28(16-20-10-4-3-5-11-20)17-26(29)27-35(30,31)25-15-9-8-14-23(25)32-2/h3-15,19,24H,16-18H2,1-2H3,(H,27,29). The highest BCUT2D eigenvalue weighted by atomic mass is 32.2. The van der Waals surface area contributed by atoms with E-state index in [4.69, 9.17) is 14.2 Å². The number of carbonyl (C=O) groups excluding carboxylic acids is 1. The van der Waals surface area contributed by atoms with Gasteiger partial charge in [-0.1, -0.05) is 54.6 Å². The van der Waals surface area contributed by atoms with E-state index in [-0.39, 0.29) is 29.3 Å². The summed E-state index contributed by atoms with van der Waals surface area (Å²) in [7, 11) is -2.74. The van der Waals surface area contributed by atoms with Crippen LogP contribution in [-0.2, 0) is 21.4 Å². The maximum absolute atomic E-state index is 13.0. The van der Waals surface area contributed by atoms with Crippen LogP contribution in [0.2, 0.25) is 0 Å². The maximum Gasteiger partial charge on any atom is 0.267 e. The largest absolute Gasteiger partial charge is 0.495 e. The molecule has 8 nitrogen and oxygen atoms in total. The van der Waals surface area contributed by atoms with E-state index in [1.165, 1.54) is 19.2 Å². The van der Waals surface area contributed by atoms with E-state index in [2.05, 4.69) is 4.72 Å². The summed E-state index contributed by atoms with van der Waals surface area (Å²) < 4.78 is 45.1. The molecule has 2 unspecified atom stereocenters. The van der Waals surface area contributed by atoms with Gasteiger partial charge in [-0.05, 0) is 36.8 Å². The van der Waals surface area contributed by atoms with Gasteiger partial charge in [0.25, 0.3) is 10.0 Å². The fourth-order valence-electron chi connectivity index (χ4n) is 3.93. The first kappa shape index (κ1) is 24.6. The number of ether oxygens (including phenoxy) is 3. The van der Waals surface area contributed by atoms with Crippen molar-refractivity contribution >= 4 is 15.9 Å². The summed E-state index contributed by atoms with van der Waals surface area (Å²) in [5, 5.41) is 0. The summed E-state index contributed by atoms with van der Waals surface area (Å²) in [5.74, 6) is 0.814. The van der Waals surface area contributed by atoms with Crippen LogP contribution < -0.4 is 18.9 Å². The molecule has 35 heavy (non-hydrogen) atoms. The number of fused-ring (bicyclic) bond motifs is 1. The first-order valence-corrected chi connectivity index (χ1v) is 12.7. The summed E-state index contributed by atoms with van der Waals surface area (Å²) >= 11 is 0. The number of hydrogen-bond acceptors (Lipinski definition) is 7. The number of methoxy groups -OCH3 is 1. The molecule has 0 aliphatic carbocycles. The number of nitrogens with one attached hydrogen (secondary N) is 1. The van der Waals surface area contributed by atoms with Gasteiger partial charge in [0, 0.05) is 12.6 Å². The molecule has 4 rings (SSSR count). The second-order valence-corrected chi connectivity index (χ2v) is 9.88. The third-order valence-electron chi connectivity index (χ3n) is 5.83. The van der Waals surface area contributed by atoms with Crippen molar-refractivity contribution in [1.82, 2.24) is 9.62 Å². The van der Waals surface area contributed by atoms with Crippen molar-refractivity contribution in [2.45, 2.75) is 30.5 Å². The predicted octanol–water partition coefficient (Wildman–Crippen LogP) is 3.23. The smallest absolute Gasteiger partial charge is 0.267 e. The van der Waals surface area contributed by atoms with Gasteiger partial charge in [0.2, 0.25) is 5.91 Å². The maximum atomic E-state index is 13.0. The topological polar surface area (TPSA) is 94.2 Å². The lowest BCUT2D eigenvalue weighted by atomic mass is 10.1. The fraction of sp³-hybridized carbons (Fsp3) is 0.269. The van der Waals surface area contributed by atoms with Crippen LogP contribution in [0.25, 0.3) is 0 Å². The quantitative estimate of drug-likeness (QED) is 0.486. The number of benzene rings is 3. The molecule has 1 N–H and O–H groups in total. The molecular weight excluding hydrogens is 468 g/mol. The Morgan fingerprint density at radius 3 is 2.43 bits per heavy atom. The molecule has 9 heteroatoms. The summed E-state index contributed by atoms with van der Waals surface area (Å²) in [4.78, 5) is 14.8. The van der Waals surface area contributed by atoms with Gasteiger partial charge in [-0.25, -0.2) is 13.1 Å². The molecule has 1 aliphatic heterocycles. The Bertz CT molecular complexity index is 1270. The Labute approximate surface area is 205 Å². The van der Waals surface area contributed by atoms with Crippen molar-refractivity contribution in [2.75, 3.05) is 20.3 Å². The average molecular weight is 497 g/mol. The minimum Gasteiger partial charge on any atom is -0.495 e. The third-order valence-corrected chi connectivity index (χ3v) is 7.24. The van der Waals surface area contributed by atoms with Crippen molar-refractivity contribution in [3.05, 3.63) is 84.4 Å². The number of carbonyl (C=O) groups is 1. The molecule has 0 spiro atoms. The van der Waals surface area contributed by atoms with Crippen molar-refractivity contribution in [2.24, 2.45) is 0 Å². The van der Waals surface area contributed by atoms with Gasteiger partial charge in [0.15, 0.2) is 11.5 Å². The van der Waals surface area contributed by atoms with E-state index in [9.17, 15) is 13.2 Å². The monoisotopic (exact) mass is 496 g/mol. The van der Waals surface area contributed by atoms with Gasteiger partial charge in [0.1, 0.15) is 23.4 Å². The lowest BCUT2D eigenvalue weighted by Gasteiger charge is -2.36. The minimum absolute atomic E-state index is 0.0980. The van der Waals surface area contributed by atoms with E-state index in [1.54, 1.807) is 12.1 Å². The highest BCUT2D eigenvalue weighted by Gasteiger charge is 2.32. The molecule has 0 saturated heterocycles. The highest BCUT2D eigenvalue weighted by molar-refractivity contribution is 7.90. The molecule has 0 fully saturated rings. The molecule has 0 aromatic heterocycles. The van der Waals surface area contributed by atoms with Crippen LogP contribution >= 0.6 is 0 Å². The van der Waals surface area contributed by atoms with Gasteiger partial charge >= 0.3 is 0 Å². The van der Waals surface area contributed by atoms with Crippen LogP contribution in [0.3, 0.4) is 0 Å². The minimum atomic E-state index is -4.12. The number of sulfonamides is 1. The molecule has 2 atom stereocenters. The van der Waals surface area contributed by atoms with Crippen molar-refractivity contribution < 1.29 is 27.4 Å². The zero-order valence-corrected chi connectivity index (χ0v) is 20.4. The first-order chi connectivity index (χ1) is 16.9. The van der Waals surface area contributed by atoms with Crippen LogP contribution in [-0.4, -0.2) is 51.6 Å². The molecule has 1 heterocycles. The van der Waals surface area contributed by atoms with Gasteiger partial charge < -0.3 is 14.2 Å². The predicted molar refractivity (Wildman–Crippen MR) is 131 cm³/mol. The van der Waals surface area contributed by atoms with E-state index < -0.39 is 15.9 Å².